The summed E-state index contributed by atoms with van der Waals surface area (Å²) in [6, 6.07) is 4.74. The monoisotopic (exact) mass is 274 g/mol. The summed E-state index contributed by atoms with van der Waals surface area (Å²) in [6.07, 6.45) is -4.50. The van der Waals surface area contributed by atoms with Crippen LogP contribution in [-0.4, -0.2) is 18.0 Å². The van der Waals surface area contributed by atoms with Crippen molar-refractivity contribution in [2.75, 3.05) is 6.54 Å². The molecule has 0 aliphatic carbocycles. The molecule has 0 saturated carbocycles. The topological polar surface area (TPSA) is 55.1 Å². The van der Waals surface area contributed by atoms with Gasteiger partial charge in [0, 0.05) is 12.1 Å². The van der Waals surface area contributed by atoms with E-state index in [-0.39, 0.29) is 18.9 Å². The van der Waals surface area contributed by atoms with Crippen molar-refractivity contribution in [2.24, 2.45) is 5.73 Å². The van der Waals surface area contributed by atoms with Crippen molar-refractivity contribution >= 4 is 5.91 Å². The maximum Gasteiger partial charge on any atom is 0.416 e. The average molecular weight is 274 g/mol. The number of alkyl halides is 3. The molecule has 6 heteroatoms. The van der Waals surface area contributed by atoms with Gasteiger partial charge in [-0.2, -0.15) is 13.2 Å². The van der Waals surface area contributed by atoms with Gasteiger partial charge in [-0.05, 0) is 25.5 Å². The average Bonchev–Trinajstić information content (AvgIpc) is 2.27. The molecule has 3 nitrogen and oxygen atoms in total. The number of amides is 1. The molecular weight excluding hydrogens is 257 g/mol. The molecular formula is C13H17F3N2O. The van der Waals surface area contributed by atoms with E-state index in [0.717, 1.165) is 12.1 Å². The number of hydrogen-bond acceptors (Lipinski definition) is 2. The Morgan fingerprint density at radius 3 is 2.47 bits per heavy atom. The Balaban J connectivity index is 2.76. The summed E-state index contributed by atoms with van der Waals surface area (Å²) in [5.74, 6) is -0.352. The SMILES string of the molecule is CC(C)(CN)NC(=O)Cc1cccc(C(F)(F)F)c1. The standard InChI is InChI=1S/C13H17F3N2O/c1-12(2,8-17)18-11(19)7-9-4-3-5-10(6-9)13(14,15)16/h3-6H,7-8,17H2,1-2H3,(H,18,19). The number of hydrogen-bond donors (Lipinski definition) is 2. The smallest absolute Gasteiger partial charge is 0.350 e. The molecule has 0 heterocycles. The van der Waals surface area contributed by atoms with Crippen molar-refractivity contribution in [1.29, 1.82) is 0 Å². The van der Waals surface area contributed by atoms with Crippen LogP contribution in [0.15, 0.2) is 24.3 Å². The van der Waals surface area contributed by atoms with Gasteiger partial charge in [-0.15, -0.1) is 0 Å². The third kappa shape index (κ3) is 4.90. The molecule has 0 saturated heterocycles. The van der Waals surface area contributed by atoms with Gasteiger partial charge in [-0.1, -0.05) is 18.2 Å². The van der Waals surface area contributed by atoms with Gasteiger partial charge in [-0.25, -0.2) is 0 Å². The third-order valence-corrected chi connectivity index (χ3v) is 2.61. The Labute approximate surface area is 110 Å². The van der Waals surface area contributed by atoms with Crippen molar-refractivity contribution < 1.29 is 18.0 Å². The lowest BCUT2D eigenvalue weighted by atomic mass is 10.0. The van der Waals surface area contributed by atoms with E-state index in [4.69, 9.17) is 5.73 Å². The molecule has 0 bridgehead atoms. The molecule has 19 heavy (non-hydrogen) atoms. The maximum atomic E-state index is 12.5. The molecule has 0 radical (unpaired) electrons. The van der Waals surface area contributed by atoms with E-state index in [1.807, 2.05) is 0 Å². The largest absolute Gasteiger partial charge is 0.416 e. The number of halogens is 3. The Morgan fingerprint density at radius 1 is 1.32 bits per heavy atom. The minimum absolute atomic E-state index is 0.104. The Kier molecular flexibility index (Phi) is 4.57. The second-order valence-corrected chi connectivity index (χ2v) is 5.01. The summed E-state index contributed by atoms with van der Waals surface area (Å²) >= 11 is 0. The Morgan fingerprint density at radius 2 is 1.95 bits per heavy atom. The number of nitrogens with two attached hydrogens (primary N) is 1. The van der Waals surface area contributed by atoms with Gasteiger partial charge < -0.3 is 11.1 Å². The predicted octanol–water partition coefficient (Wildman–Crippen LogP) is 2.10. The second kappa shape index (κ2) is 5.61. The van der Waals surface area contributed by atoms with E-state index in [9.17, 15) is 18.0 Å². The van der Waals surface area contributed by atoms with Crippen LogP contribution in [-0.2, 0) is 17.4 Å². The van der Waals surface area contributed by atoms with Gasteiger partial charge in [-0.3, -0.25) is 4.79 Å². The molecule has 1 amide bonds. The van der Waals surface area contributed by atoms with Crippen molar-refractivity contribution in [1.82, 2.24) is 5.32 Å². The zero-order valence-corrected chi connectivity index (χ0v) is 10.8. The van der Waals surface area contributed by atoms with Crippen LogP contribution in [0.3, 0.4) is 0 Å². The molecule has 106 valence electrons. The minimum atomic E-state index is -4.40. The highest BCUT2D eigenvalue weighted by Crippen LogP contribution is 2.29. The van der Waals surface area contributed by atoms with Crippen LogP contribution >= 0.6 is 0 Å². The molecule has 0 aromatic heterocycles. The lowest BCUT2D eigenvalue weighted by Crippen LogP contribution is -2.49. The zero-order valence-electron chi connectivity index (χ0n) is 10.8. The second-order valence-electron chi connectivity index (χ2n) is 5.01. The first-order chi connectivity index (χ1) is 8.64. The van der Waals surface area contributed by atoms with Crippen LogP contribution in [0.2, 0.25) is 0 Å². The fraction of sp³-hybridized carbons (Fsp3) is 0.462. The van der Waals surface area contributed by atoms with E-state index in [1.165, 1.54) is 12.1 Å². The molecule has 1 aromatic rings. The summed E-state index contributed by atoms with van der Waals surface area (Å²) in [5, 5.41) is 2.67. The molecule has 3 N–H and O–H groups in total. The number of carbonyl (C=O) groups is 1. The van der Waals surface area contributed by atoms with E-state index < -0.39 is 17.3 Å². The van der Waals surface area contributed by atoms with Gasteiger partial charge >= 0.3 is 6.18 Å². The normalized spacial score (nSPS) is 12.3. The van der Waals surface area contributed by atoms with Crippen LogP contribution in [0.1, 0.15) is 25.0 Å². The highest BCUT2D eigenvalue weighted by Gasteiger charge is 2.30. The molecule has 1 rings (SSSR count). The molecule has 0 atom stereocenters. The van der Waals surface area contributed by atoms with Gasteiger partial charge in [0.2, 0.25) is 5.91 Å². The van der Waals surface area contributed by atoms with Gasteiger partial charge in [0.1, 0.15) is 0 Å². The van der Waals surface area contributed by atoms with E-state index in [1.54, 1.807) is 13.8 Å². The van der Waals surface area contributed by atoms with Gasteiger partial charge in [0.15, 0.2) is 0 Å². The zero-order chi connectivity index (χ0) is 14.7. The van der Waals surface area contributed by atoms with E-state index >= 15 is 0 Å². The highest BCUT2D eigenvalue weighted by atomic mass is 19.4. The molecule has 0 fully saturated rings. The quantitative estimate of drug-likeness (QED) is 0.883. The summed E-state index contributed by atoms with van der Waals surface area (Å²) in [4.78, 5) is 11.7. The summed E-state index contributed by atoms with van der Waals surface area (Å²) in [5.41, 5.74) is 4.46. The van der Waals surface area contributed by atoms with E-state index in [0.29, 0.717) is 5.56 Å². The number of rotatable bonds is 4. The van der Waals surface area contributed by atoms with Gasteiger partial charge in [0.25, 0.3) is 0 Å². The van der Waals surface area contributed by atoms with Crippen molar-refractivity contribution in [2.45, 2.75) is 32.0 Å². The summed E-state index contributed by atoms with van der Waals surface area (Å²) in [7, 11) is 0. The van der Waals surface area contributed by atoms with Crippen molar-refractivity contribution in [3.05, 3.63) is 35.4 Å². The maximum absolute atomic E-state index is 12.5. The molecule has 0 unspecified atom stereocenters. The first-order valence-corrected chi connectivity index (χ1v) is 5.81. The van der Waals surface area contributed by atoms with E-state index in [2.05, 4.69) is 5.32 Å². The number of benzene rings is 1. The first kappa shape index (κ1) is 15.5. The van der Waals surface area contributed by atoms with Gasteiger partial charge in [0.05, 0.1) is 12.0 Å². The lowest BCUT2D eigenvalue weighted by Gasteiger charge is -2.24. The third-order valence-electron chi connectivity index (χ3n) is 2.61. The minimum Gasteiger partial charge on any atom is -0.350 e. The van der Waals surface area contributed by atoms with Crippen LogP contribution in [0.5, 0.6) is 0 Å². The van der Waals surface area contributed by atoms with Crippen LogP contribution in [0.25, 0.3) is 0 Å². The van der Waals surface area contributed by atoms with Crippen molar-refractivity contribution in [3.8, 4) is 0 Å². The molecule has 0 aliphatic rings. The Hall–Kier alpha value is -1.56. The van der Waals surface area contributed by atoms with Crippen LogP contribution in [0.4, 0.5) is 13.2 Å². The molecule has 0 aliphatic heterocycles. The fourth-order valence-electron chi connectivity index (χ4n) is 1.52. The predicted molar refractivity (Wildman–Crippen MR) is 66.4 cm³/mol. The van der Waals surface area contributed by atoms with Crippen LogP contribution < -0.4 is 11.1 Å². The first-order valence-electron chi connectivity index (χ1n) is 5.81. The van der Waals surface area contributed by atoms with Crippen molar-refractivity contribution in [3.63, 3.8) is 0 Å². The number of nitrogens with one attached hydrogen (secondary N) is 1. The number of carbonyl (C=O) groups excluding carboxylic acids is 1. The van der Waals surface area contributed by atoms with Crippen LogP contribution in [0, 0.1) is 0 Å². The summed E-state index contributed by atoms with van der Waals surface area (Å²) in [6.45, 7) is 3.75. The Bertz CT molecular complexity index is 455. The molecule has 1 aromatic carbocycles. The summed E-state index contributed by atoms with van der Waals surface area (Å²) < 4.78 is 37.5. The highest BCUT2D eigenvalue weighted by molar-refractivity contribution is 5.79. The molecule has 0 spiro atoms. The lowest BCUT2D eigenvalue weighted by molar-refractivity contribution is -0.137. The fourth-order valence-corrected chi connectivity index (χ4v) is 1.52.